The van der Waals surface area contributed by atoms with Crippen molar-refractivity contribution in [3.8, 4) is 11.8 Å². The number of carbonyl (C=O) groups excluding carboxylic acids is 1. The fourth-order valence-electron chi connectivity index (χ4n) is 3.21. The van der Waals surface area contributed by atoms with Crippen molar-refractivity contribution < 1.29 is 14.3 Å². The lowest BCUT2D eigenvalue weighted by Gasteiger charge is -2.11. The number of amides is 1. The van der Waals surface area contributed by atoms with E-state index in [4.69, 9.17) is 9.47 Å². The number of nitriles is 1. The molecule has 0 bridgehead atoms. The molecule has 2 rings (SSSR count). The van der Waals surface area contributed by atoms with Gasteiger partial charge in [0.1, 0.15) is 17.4 Å². The smallest absolute Gasteiger partial charge is 0.266 e. The quantitative estimate of drug-likeness (QED) is 0.339. The molecule has 0 radical (unpaired) electrons. The molecule has 0 spiro atoms. The summed E-state index contributed by atoms with van der Waals surface area (Å²) in [5.74, 6) is 0.306. The molecule has 0 fully saturated rings. The Bertz CT molecular complexity index is 937. The first kappa shape index (κ1) is 24.2. The second-order valence-corrected chi connectivity index (χ2v) is 7.62. The maximum absolute atomic E-state index is 12.6. The van der Waals surface area contributed by atoms with Crippen LogP contribution in [0.2, 0.25) is 0 Å². The molecular weight excluding hydrogens is 392 g/mol. The van der Waals surface area contributed by atoms with E-state index < -0.39 is 5.91 Å². The van der Waals surface area contributed by atoms with E-state index in [0.29, 0.717) is 18.9 Å². The van der Waals surface area contributed by atoms with Crippen LogP contribution in [0.4, 0.5) is 5.69 Å². The summed E-state index contributed by atoms with van der Waals surface area (Å²) in [6, 6.07) is 11.1. The van der Waals surface area contributed by atoms with Crippen molar-refractivity contribution in [2.75, 3.05) is 46.3 Å². The number of aromatic nitrogens is 1. The van der Waals surface area contributed by atoms with Crippen LogP contribution in [0.5, 0.6) is 5.75 Å². The van der Waals surface area contributed by atoms with Crippen molar-refractivity contribution in [3.05, 3.63) is 52.9 Å². The first-order valence-electron chi connectivity index (χ1n) is 10.3. The lowest BCUT2D eigenvalue weighted by Crippen LogP contribution is -2.15. The predicted octanol–water partition coefficient (Wildman–Crippen LogP) is 3.63. The highest BCUT2D eigenvalue weighted by Crippen LogP contribution is 2.20. The summed E-state index contributed by atoms with van der Waals surface area (Å²) < 4.78 is 13.0. The molecule has 31 heavy (non-hydrogen) atoms. The Balaban J connectivity index is 2.02. The van der Waals surface area contributed by atoms with Crippen molar-refractivity contribution in [1.82, 2.24) is 9.47 Å². The predicted molar refractivity (Wildman–Crippen MR) is 123 cm³/mol. The highest BCUT2D eigenvalue weighted by molar-refractivity contribution is 6.09. The van der Waals surface area contributed by atoms with Crippen molar-refractivity contribution in [1.29, 1.82) is 5.26 Å². The first-order valence-corrected chi connectivity index (χ1v) is 10.3. The third kappa shape index (κ3) is 7.28. The maximum atomic E-state index is 12.6. The topological polar surface area (TPSA) is 79.5 Å². The monoisotopic (exact) mass is 424 g/mol. The summed E-state index contributed by atoms with van der Waals surface area (Å²) in [4.78, 5) is 14.7. The van der Waals surface area contributed by atoms with Crippen molar-refractivity contribution in [3.63, 3.8) is 0 Å². The summed E-state index contributed by atoms with van der Waals surface area (Å²) in [5, 5.41) is 12.3. The number of methoxy groups -OCH3 is 1. The molecule has 7 nitrogen and oxygen atoms in total. The molecule has 166 valence electrons. The number of aryl methyl sites for hydroxylation is 1. The van der Waals surface area contributed by atoms with Gasteiger partial charge in [-0.15, -0.1) is 0 Å². The molecule has 1 N–H and O–H groups in total. The van der Waals surface area contributed by atoms with Crippen molar-refractivity contribution in [2.24, 2.45) is 0 Å². The van der Waals surface area contributed by atoms with Crippen LogP contribution in [0.3, 0.4) is 0 Å². The van der Waals surface area contributed by atoms with Crippen LogP contribution in [0, 0.1) is 25.2 Å². The lowest BCUT2D eigenvalue weighted by molar-refractivity contribution is -0.112. The number of nitrogens with one attached hydrogen (secondary N) is 1. The Morgan fingerprint density at radius 1 is 1.23 bits per heavy atom. The zero-order valence-electron chi connectivity index (χ0n) is 19.1. The van der Waals surface area contributed by atoms with Gasteiger partial charge in [0.25, 0.3) is 5.91 Å². The summed E-state index contributed by atoms with van der Waals surface area (Å²) in [6.07, 6.45) is 2.57. The number of hydrogen-bond donors (Lipinski definition) is 1. The van der Waals surface area contributed by atoms with E-state index in [-0.39, 0.29) is 5.57 Å². The molecular formula is C24H32N4O3. The number of nitrogens with zero attached hydrogens (tertiary/aromatic N) is 3. The number of ether oxygens (including phenoxy) is 2. The number of rotatable bonds is 11. The van der Waals surface area contributed by atoms with E-state index in [2.05, 4.69) is 14.8 Å². The Morgan fingerprint density at radius 3 is 2.55 bits per heavy atom. The van der Waals surface area contributed by atoms with Gasteiger partial charge in [0, 0.05) is 37.3 Å². The van der Waals surface area contributed by atoms with E-state index in [9.17, 15) is 10.1 Å². The molecule has 0 aliphatic carbocycles. The third-order valence-electron chi connectivity index (χ3n) is 4.93. The molecule has 1 amide bonds. The van der Waals surface area contributed by atoms with Gasteiger partial charge in [0.05, 0.1) is 13.2 Å². The van der Waals surface area contributed by atoms with Gasteiger partial charge in [0.2, 0.25) is 0 Å². The van der Waals surface area contributed by atoms with E-state index in [1.165, 1.54) is 0 Å². The first-order chi connectivity index (χ1) is 14.8. The fraction of sp³-hybridized carbons (Fsp3) is 0.417. The van der Waals surface area contributed by atoms with Gasteiger partial charge in [-0.25, -0.2) is 0 Å². The molecule has 0 aliphatic heterocycles. The summed E-state index contributed by atoms with van der Waals surface area (Å²) in [7, 11) is 5.72. The van der Waals surface area contributed by atoms with Crippen molar-refractivity contribution >= 4 is 17.7 Å². The summed E-state index contributed by atoms with van der Waals surface area (Å²) >= 11 is 0. The highest BCUT2D eigenvalue weighted by atomic mass is 16.5. The van der Waals surface area contributed by atoms with Gasteiger partial charge < -0.3 is 24.3 Å². The van der Waals surface area contributed by atoms with Crippen LogP contribution in [0.15, 0.2) is 35.9 Å². The minimum absolute atomic E-state index is 0.0519. The minimum atomic E-state index is -0.441. The van der Waals surface area contributed by atoms with Gasteiger partial charge in [-0.1, -0.05) is 0 Å². The van der Waals surface area contributed by atoms with E-state index in [0.717, 1.165) is 42.2 Å². The molecule has 1 aromatic carbocycles. The molecule has 0 saturated heterocycles. The summed E-state index contributed by atoms with van der Waals surface area (Å²) in [5.41, 5.74) is 3.56. The lowest BCUT2D eigenvalue weighted by atomic mass is 10.1. The molecule has 0 atom stereocenters. The van der Waals surface area contributed by atoms with E-state index >= 15 is 0 Å². The number of carbonyl (C=O) groups is 1. The Hall–Kier alpha value is -3.08. The minimum Gasteiger partial charge on any atom is -0.494 e. The molecule has 1 heterocycles. The molecule has 0 unspecified atom stereocenters. The van der Waals surface area contributed by atoms with Gasteiger partial charge in [0.15, 0.2) is 0 Å². The van der Waals surface area contributed by atoms with Gasteiger partial charge in [-0.05, 0) is 76.3 Å². The number of benzene rings is 1. The zero-order chi connectivity index (χ0) is 22.8. The van der Waals surface area contributed by atoms with E-state index in [1.807, 2.05) is 52.2 Å². The SMILES string of the molecule is COCCn1c(C)cc(/C=C(/C#N)C(=O)Nc2ccc(OCCCN(C)C)cc2)c1C. The van der Waals surface area contributed by atoms with Crippen LogP contribution in [0.1, 0.15) is 23.4 Å². The zero-order valence-corrected chi connectivity index (χ0v) is 19.1. The Morgan fingerprint density at radius 2 is 1.94 bits per heavy atom. The molecule has 0 saturated carbocycles. The molecule has 0 aliphatic rings. The average molecular weight is 425 g/mol. The Kier molecular flexibility index (Phi) is 9.32. The normalized spacial score (nSPS) is 11.5. The van der Waals surface area contributed by atoms with Crippen LogP contribution in [-0.2, 0) is 16.1 Å². The largest absolute Gasteiger partial charge is 0.494 e. The Labute approximate surface area is 184 Å². The van der Waals surface area contributed by atoms with Crippen LogP contribution >= 0.6 is 0 Å². The molecule has 2 aromatic rings. The van der Waals surface area contributed by atoms with Crippen molar-refractivity contribution in [2.45, 2.75) is 26.8 Å². The maximum Gasteiger partial charge on any atom is 0.266 e. The standard InChI is InChI=1S/C24H32N4O3/c1-18-15-20(19(2)28(18)12-14-30-5)16-21(17-25)24(29)26-22-7-9-23(10-8-22)31-13-6-11-27(3)4/h7-10,15-16H,6,11-14H2,1-5H3,(H,26,29)/b21-16-. The van der Waals surface area contributed by atoms with E-state index in [1.54, 1.807) is 25.3 Å². The summed E-state index contributed by atoms with van der Waals surface area (Å²) in [6.45, 7) is 6.88. The highest BCUT2D eigenvalue weighted by Gasteiger charge is 2.13. The molecule has 1 aromatic heterocycles. The average Bonchev–Trinajstić information content (AvgIpc) is 3.01. The fourth-order valence-corrected chi connectivity index (χ4v) is 3.21. The van der Waals surface area contributed by atoms with Crippen LogP contribution in [0.25, 0.3) is 6.08 Å². The second-order valence-electron chi connectivity index (χ2n) is 7.62. The number of hydrogen-bond acceptors (Lipinski definition) is 5. The number of anilines is 1. The van der Waals surface area contributed by atoms with Crippen LogP contribution in [-0.4, -0.2) is 56.3 Å². The molecule has 7 heteroatoms. The van der Waals surface area contributed by atoms with Gasteiger partial charge in [-0.2, -0.15) is 5.26 Å². The van der Waals surface area contributed by atoms with Crippen LogP contribution < -0.4 is 10.1 Å². The van der Waals surface area contributed by atoms with Gasteiger partial charge >= 0.3 is 0 Å². The third-order valence-corrected chi connectivity index (χ3v) is 4.93. The second kappa shape index (κ2) is 11.9. The van der Waals surface area contributed by atoms with Gasteiger partial charge in [-0.3, -0.25) is 4.79 Å².